The van der Waals surface area contributed by atoms with Gasteiger partial charge < -0.3 is 15.4 Å². The van der Waals surface area contributed by atoms with Crippen LogP contribution in [0.1, 0.15) is 18.7 Å². The van der Waals surface area contributed by atoms with Gasteiger partial charge in [0, 0.05) is 19.0 Å². The quantitative estimate of drug-likeness (QED) is 0.882. The van der Waals surface area contributed by atoms with Crippen LogP contribution in [0.15, 0.2) is 6.07 Å². The van der Waals surface area contributed by atoms with E-state index in [2.05, 4.69) is 47.4 Å². The molecule has 2 aromatic rings. The molecule has 0 aliphatic carbocycles. The van der Waals surface area contributed by atoms with Gasteiger partial charge in [-0.05, 0) is 26.8 Å². The number of nitrogens with zero attached hydrogens (tertiary/aromatic N) is 2. The zero-order valence-corrected chi connectivity index (χ0v) is 12.8. The molecule has 19 heavy (non-hydrogen) atoms. The Morgan fingerprint density at radius 3 is 2.74 bits per heavy atom. The number of rotatable bonds is 5. The van der Waals surface area contributed by atoms with Crippen molar-refractivity contribution in [2.75, 3.05) is 31.4 Å². The number of methoxy groups -OCH3 is 1. The Kier molecular flexibility index (Phi) is 3.91. The minimum Gasteiger partial charge on any atom is -0.382 e. The van der Waals surface area contributed by atoms with Crippen molar-refractivity contribution >= 4 is 33.3 Å². The summed E-state index contributed by atoms with van der Waals surface area (Å²) in [6.07, 6.45) is 0. The van der Waals surface area contributed by atoms with E-state index in [0.717, 1.165) is 16.0 Å². The van der Waals surface area contributed by atoms with Crippen LogP contribution in [0.5, 0.6) is 0 Å². The fraction of sp³-hybridized carbons (Fsp3) is 0.538. The molecular weight excluding hydrogens is 260 g/mol. The maximum absolute atomic E-state index is 5.23. The lowest BCUT2D eigenvalue weighted by Crippen LogP contribution is -2.36. The van der Waals surface area contributed by atoms with Gasteiger partial charge in [0.25, 0.3) is 0 Å². The molecule has 2 rings (SSSR count). The second-order valence-electron chi connectivity index (χ2n) is 5.16. The highest BCUT2D eigenvalue weighted by Crippen LogP contribution is 2.30. The number of hydrogen-bond donors (Lipinski definition) is 2. The molecule has 0 saturated carbocycles. The Morgan fingerprint density at radius 1 is 1.37 bits per heavy atom. The summed E-state index contributed by atoms with van der Waals surface area (Å²) in [5.41, 5.74) is -0.184. The van der Waals surface area contributed by atoms with Crippen LogP contribution in [-0.2, 0) is 4.74 Å². The summed E-state index contributed by atoms with van der Waals surface area (Å²) in [7, 11) is 3.53. The van der Waals surface area contributed by atoms with Crippen molar-refractivity contribution in [2.45, 2.75) is 26.3 Å². The van der Waals surface area contributed by atoms with Gasteiger partial charge in [-0.25, -0.2) is 4.98 Å². The second kappa shape index (κ2) is 5.30. The highest BCUT2D eigenvalue weighted by molar-refractivity contribution is 7.18. The van der Waals surface area contributed by atoms with E-state index in [1.807, 2.05) is 7.05 Å². The van der Waals surface area contributed by atoms with Gasteiger partial charge in [-0.15, -0.1) is 11.3 Å². The van der Waals surface area contributed by atoms with Crippen LogP contribution in [0.4, 0.5) is 11.8 Å². The Bertz CT molecular complexity index is 579. The number of hydrogen-bond acceptors (Lipinski definition) is 6. The van der Waals surface area contributed by atoms with E-state index in [4.69, 9.17) is 4.74 Å². The fourth-order valence-electron chi connectivity index (χ4n) is 1.97. The number of fused-ring (bicyclic) bond motifs is 1. The largest absolute Gasteiger partial charge is 0.382 e. The molecule has 104 valence electrons. The Balaban J connectivity index is 2.45. The lowest BCUT2D eigenvalue weighted by atomic mass is 10.1. The van der Waals surface area contributed by atoms with Crippen LogP contribution in [-0.4, -0.2) is 36.3 Å². The first-order valence-corrected chi connectivity index (χ1v) is 7.00. The van der Waals surface area contributed by atoms with Crippen LogP contribution in [0.3, 0.4) is 0 Å². The molecule has 0 aliphatic heterocycles. The molecule has 0 atom stereocenters. The van der Waals surface area contributed by atoms with Crippen molar-refractivity contribution in [1.82, 2.24) is 9.97 Å². The van der Waals surface area contributed by atoms with E-state index in [-0.39, 0.29) is 5.54 Å². The number of anilines is 2. The van der Waals surface area contributed by atoms with Gasteiger partial charge in [-0.3, -0.25) is 0 Å². The first-order valence-electron chi connectivity index (χ1n) is 6.18. The van der Waals surface area contributed by atoms with Crippen molar-refractivity contribution in [1.29, 1.82) is 0 Å². The molecule has 0 bridgehead atoms. The standard InChI is InChI=1S/C13H20N4OS/c1-8-6-9-10(17-13(2,3)7-18-5)15-12(14-4)16-11(9)19-8/h6H,7H2,1-5H3,(H2,14,15,16,17). The number of aryl methyl sites for hydroxylation is 1. The lowest BCUT2D eigenvalue weighted by Gasteiger charge is -2.26. The van der Waals surface area contributed by atoms with E-state index in [9.17, 15) is 0 Å². The first-order chi connectivity index (χ1) is 8.95. The van der Waals surface area contributed by atoms with Crippen molar-refractivity contribution in [3.05, 3.63) is 10.9 Å². The number of thiophene rings is 1. The van der Waals surface area contributed by atoms with Gasteiger partial charge in [0.15, 0.2) is 0 Å². The topological polar surface area (TPSA) is 59.1 Å². The lowest BCUT2D eigenvalue weighted by molar-refractivity contribution is 0.158. The summed E-state index contributed by atoms with van der Waals surface area (Å²) in [6.45, 7) is 6.86. The van der Waals surface area contributed by atoms with Crippen molar-refractivity contribution < 1.29 is 4.74 Å². The molecule has 0 radical (unpaired) electrons. The van der Waals surface area contributed by atoms with E-state index in [1.165, 1.54) is 4.88 Å². The van der Waals surface area contributed by atoms with Crippen molar-refractivity contribution in [3.8, 4) is 0 Å². The summed E-state index contributed by atoms with van der Waals surface area (Å²) >= 11 is 1.67. The van der Waals surface area contributed by atoms with Gasteiger partial charge >= 0.3 is 0 Å². The third-order valence-electron chi connectivity index (χ3n) is 2.70. The summed E-state index contributed by atoms with van der Waals surface area (Å²) in [5, 5.41) is 7.50. The van der Waals surface area contributed by atoms with Crippen molar-refractivity contribution in [3.63, 3.8) is 0 Å². The third-order valence-corrected chi connectivity index (χ3v) is 3.65. The third kappa shape index (κ3) is 3.13. The number of ether oxygens (including phenoxy) is 1. The summed E-state index contributed by atoms with van der Waals surface area (Å²) in [4.78, 5) is 11.2. The molecule has 0 amide bonds. The van der Waals surface area contributed by atoms with Crippen LogP contribution >= 0.6 is 11.3 Å². The van der Waals surface area contributed by atoms with E-state index >= 15 is 0 Å². The molecule has 2 aromatic heterocycles. The second-order valence-corrected chi connectivity index (χ2v) is 6.40. The van der Waals surface area contributed by atoms with Crippen LogP contribution in [0.25, 0.3) is 10.2 Å². The summed E-state index contributed by atoms with van der Waals surface area (Å²) in [5.74, 6) is 1.48. The van der Waals surface area contributed by atoms with E-state index < -0.39 is 0 Å². The average molecular weight is 280 g/mol. The predicted octanol–water partition coefficient (Wildman–Crippen LogP) is 2.88. The molecule has 0 spiro atoms. The molecule has 0 fully saturated rings. The van der Waals surface area contributed by atoms with Crippen LogP contribution in [0, 0.1) is 6.92 Å². The first kappa shape index (κ1) is 14.0. The van der Waals surface area contributed by atoms with Gasteiger partial charge in [0.05, 0.1) is 17.5 Å². The highest BCUT2D eigenvalue weighted by atomic mass is 32.1. The maximum Gasteiger partial charge on any atom is 0.225 e. The van der Waals surface area contributed by atoms with E-state index in [0.29, 0.717) is 12.6 Å². The fourth-order valence-corrected chi connectivity index (χ4v) is 2.85. The zero-order valence-electron chi connectivity index (χ0n) is 12.0. The monoisotopic (exact) mass is 280 g/mol. The van der Waals surface area contributed by atoms with Gasteiger partial charge in [-0.2, -0.15) is 4.98 Å². The van der Waals surface area contributed by atoms with Gasteiger partial charge in [0.1, 0.15) is 10.6 Å². The summed E-state index contributed by atoms with van der Waals surface area (Å²) in [6, 6.07) is 2.12. The number of aromatic nitrogens is 2. The molecule has 2 N–H and O–H groups in total. The van der Waals surface area contributed by atoms with Crippen LogP contribution in [0.2, 0.25) is 0 Å². The van der Waals surface area contributed by atoms with Crippen molar-refractivity contribution in [2.24, 2.45) is 0 Å². The Labute approximate surface area is 117 Å². The minimum atomic E-state index is -0.184. The van der Waals surface area contributed by atoms with E-state index in [1.54, 1.807) is 18.4 Å². The SMILES string of the molecule is CNc1nc(NC(C)(C)COC)c2cc(C)sc2n1. The molecule has 0 aromatic carbocycles. The molecule has 6 heteroatoms. The molecule has 0 aliphatic rings. The van der Waals surface area contributed by atoms with Gasteiger partial charge in [-0.1, -0.05) is 0 Å². The Morgan fingerprint density at radius 2 is 2.11 bits per heavy atom. The van der Waals surface area contributed by atoms with Gasteiger partial charge in [0.2, 0.25) is 5.95 Å². The molecular formula is C13H20N4OS. The molecule has 2 heterocycles. The Hall–Kier alpha value is -1.40. The smallest absolute Gasteiger partial charge is 0.225 e. The van der Waals surface area contributed by atoms with Crippen LogP contribution < -0.4 is 10.6 Å². The maximum atomic E-state index is 5.23. The number of nitrogens with one attached hydrogen (secondary N) is 2. The minimum absolute atomic E-state index is 0.184. The molecule has 5 nitrogen and oxygen atoms in total. The molecule has 0 unspecified atom stereocenters. The predicted molar refractivity (Wildman–Crippen MR) is 81.3 cm³/mol. The normalized spacial score (nSPS) is 11.8. The summed E-state index contributed by atoms with van der Waals surface area (Å²) < 4.78 is 5.23. The zero-order chi connectivity index (χ0) is 14.0. The molecule has 0 saturated heterocycles. The highest BCUT2D eigenvalue weighted by Gasteiger charge is 2.20. The average Bonchev–Trinajstić information content (AvgIpc) is 2.69.